The number of hydrogen-bond acceptors (Lipinski definition) is 2. The Morgan fingerprint density at radius 1 is 1.19 bits per heavy atom. The molecule has 2 aliphatic rings. The highest BCUT2D eigenvalue weighted by Gasteiger charge is 2.46. The molecule has 0 amide bonds. The molecule has 0 bridgehead atoms. The molecule has 1 aliphatic heterocycles. The number of halogens is 3. The molecule has 2 fully saturated rings. The van der Waals surface area contributed by atoms with E-state index in [4.69, 9.17) is 0 Å². The maximum absolute atomic E-state index is 12.6. The third kappa shape index (κ3) is 2.88. The fourth-order valence-electron chi connectivity index (χ4n) is 2.52. The van der Waals surface area contributed by atoms with Crippen LogP contribution < -0.4 is 10.6 Å². The molecule has 1 saturated carbocycles. The topological polar surface area (TPSA) is 24.1 Å². The van der Waals surface area contributed by atoms with Gasteiger partial charge >= 0.3 is 6.18 Å². The minimum atomic E-state index is -4.04. The van der Waals surface area contributed by atoms with Crippen LogP contribution in [-0.2, 0) is 0 Å². The third-order valence-electron chi connectivity index (χ3n) is 3.76. The van der Waals surface area contributed by atoms with Crippen LogP contribution in [-0.4, -0.2) is 31.3 Å². The fourth-order valence-corrected chi connectivity index (χ4v) is 2.52. The van der Waals surface area contributed by atoms with E-state index < -0.39 is 12.1 Å². The second-order valence-corrected chi connectivity index (χ2v) is 4.87. The summed E-state index contributed by atoms with van der Waals surface area (Å²) in [6.45, 7) is 1.20. The van der Waals surface area contributed by atoms with E-state index in [1.54, 1.807) is 0 Å². The van der Waals surface area contributed by atoms with Gasteiger partial charge in [-0.3, -0.25) is 0 Å². The first kappa shape index (κ1) is 12.2. The second kappa shape index (κ2) is 4.92. The van der Waals surface area contributed by atoms with E-state index in [2.05, 4.69) is 10.6 Å². The van der Waals surface area contributed by atoms with Crippen LogP contribution in [0, 0.1) is 5.92 Å². The minimum Gasteiger partial charge on any atom is -0.314 e. The maximum Gasteiger partial charge on any atom is 0.393 e. The van der Waals surface area contributed by atoms with E-state index in [0.717, 1.165) is 0 Å². The number of alkyl halides is 3. The van der Waals surface area contributed by atoms with Crippen molar-refractivity contribution in [1.82, 2.24) is 10.6 Å². The fraction of sp³-hybridized carbons (Fsp3) is 1.00. The van der Waals surface area contributed by atoms with Gasteiger partial charge in [0.25, 0.3) is 0 Å². The summed E-state index contributed by atoms with van der Waals surface area (Å²) in [5.41, 5.74) is 0. The summed E-state index contributed by atoms with van der Waals surface area (Å²) in [6, 6.07) is 0.179. The Kier molecular flexibility index (Phi) is 3.74. The largest absolute Gasteiger partial charge is 0.393 e. The van der Waals surface area contributed by atoms with Crippen molar-refractivity contribution in [1.29, 1.82) is 0 Å². The Hall–Kier alpha value is -0.290. The first-order chi connectivity index (χ1) is 7.57. The van der Waals surface area contributed by atoms with E-state index in [1.165, 1.54) is 19.3 Å². The lowest BCUT2D eigenvalue weighted by Gasteiger charge is -2.28. The van der Waals surface area contributed by atoms with Crippen molar-refractivity contribution in [2.45, 2.75) is 50.4 Å². The highest BCUT2D eigenvalue weighted by atomic mass is 19.4. The van der Waals surface area contributed by atoms with Gasteiger partial charge in [-0.2, -0.15) is 13.2 Å². The van der Waals surface area contributed by atoms with Crippen LogP contribution in [0.1, 0.15) is 32.1 Å². The van der Waals surface area contributed by atoms with Gasteiger partial charge in [-0.05, 0) is 38.8 Å². The average Bonchev–Trinajstić information content (AvgIpc) is 2.56. The molecular weight excluding hydrogens is 217 g/mol. The molecule has 0 spiro atoms. The zero-order valence-corrected chi connectivity index (χ0v) is 9.32. The van der Waals surface area contributed by atoms with E-state index in [-0.39, 0.29) is 12.5 Å². The van der Waals surface area contributed by atoms with E-state index in [9.17, 15) is 13.2 Å². The van der Waals surface area contributed by atoms with Crippen molar-refractivity contribution in [3.63, 3.8) is 0 Å². The van der Waals surface area contributed by atoms with E-state index >= 15 is 0 Å². The van der Waals surface area contributed by atoms with Crippen molar-refractivity contribution in [2.75, 3.05) is 13.1 Å². The molecule has 1 aliphatic carbocycles. The highest BCUT2D eigenvalue weighted by Crippen LogP contribution is 2.35. The van der Waals surface area contributed by atoms with E-state index in [0.29, 0.717) is 25.6 Å². The summed E-state index contributed by atoms with van der Waals surface area (Å²) < 4.78 is 37.8. The van der Waals surface area contributed by atoms with Crippen LogP contribution in [0.25, 0.3) is 0 Å². The minimum absolute atomic E-state index is 0.234. The molecule has 1 saturated heterocycles. The first-order valence-corrected chi connectivity index (χ1v) is 6.11. The van der Waals surface area contributed by atoms with Gasteiger partial charge in [0.15, 0.2) is 0 Å². The molecule has 0 aromatic heterocycles. The molecule has 16 heavy (non-hydrogen) atoms. The van der Waals surface area contributed by atoms with Crippen molar-refractivity contribution in [2.24, 2.45) is 5.92 Å². The summed E-state index contributed by atoms with van der Waals surface area (Å²) in [7, 11) is 0. The molecule has 0 aromatic carbocycles. The van der Waals surface area contributed by atoms with Crippen LogP contribution >= 0.6 is 0 Å². The summed E-state index contributed by atoms with van der Waals surface area (Å²) in [4.78, 5) is 0. The molecule has 2 nitrogen and oxygen atoms in total. The zero-order chi connectivity index (χ0) is 11.6. The van der Waals surface area contributed by atoms with Crippen LogP contribution in [0.4, 0.5) is 13.2 Å². The van der Waals surface area contributed by atoms with Gasteiger partial charge < -0.3 is 10.6 Å². The molecule has 2 unspecified atom stereocenters. The SMILES string of the molecule is FC(F)(F)C1CCNC1CCNC1CCC1. The Bertz CT molecular complexity index is 226. The average molecular weight is 236 g/mol. The number of rotatable bonds is 4. The van der Waals surface area contributed by atoms with Crippen LogP contribution in [0.3, 0.4) is 0 Å². The number of nitrogens with one attached hydrogen (secondary N) is 2. The first-order valence-electron chi connectivity index (χ1n) is 6.11. The predicted octanol–water partition coefficient (Wildman–Crippen LogP) is 2.06. The van der Waals surface area contributed by atoms with Crippen molar-refractivity contribution < 1.29 is 13.2 Å². The predicted molar refractivity (Wildman–Crippen MR) is 56.2 cm³/mol. The molecule has 0 aromatic rings. The zero-order valence-electron chi connectivity index (χ0n) is 9.32. The molecule has 5 heteroatoms. The summed E-state index contributed by atoms with van der Waals surface area (Å²) in [6.07, 6.45) is 0.398. The lowest BCUT2D eigenvalue weighted by atomic mass is 9.92. The van der Waals surface area contributed by atoms with Crippen LogP contribution in [0.15, 0.2) is 0 Å². The molecular formula is C11H19F3N2. The molecule has 2 rings (SSSR count). The van der Waals surface area contributed by atoms with Gasteiger partial charge in [-0.25, -0.2) is 0 Å². The van der Waals surface area contributed by atoms with Crippen molar-refractivity contribution in [3.05, 3.63) is 0 Å². The summed E-state index contributed by atoms with van der Waals surface area (Å²) in [5, 5.41) is 6.27. The van der Waals surface area contributed by atoms with Gasteiger partial charge in [-0.15, -0.1) is 0 Å². The third-order valence-corrected chi connectivity index (χ3v) is 3.76. The Morgan fingerprint density at radius 3 is 2.50 bits per heavy atom. The quantitative estimate of drug-likeness (QED) is 0.780. The summed E-state index contributed by atoms with van der Waals surface area (Å²) >= 11 is 0. The van der Waals surface area contributed by atoms with Crippen LogP contribution in [0.2, 0.25) is 0 Å². The highest BCUT2D eigenvalue weighted by molar-refractivity contribution is 4.89. The molecule has 1 heterocycles. The molecule has 2 atom stereocenters. The summed E-state index contributed by atoms with van der Waals surface area (Å²) in [5.74, 6) is -1.14. The van der Waals surface area contributed by atoms with Gasteiger partial charge in [0.2, 0.25) is 0 Å². The van der Waals surface area contributed by atoms with Gasteiger partial charge in [0.05, 0.1) is 5.92 Å². The van der Waals surface area contributed by atoms with Gasteiger partial charge in [0.1, 0.15) is 0 Å². The standard InChI is InChI=1S/C11H19F3N2/c12-11(13,14)9-4-6-16-10(9)5-7-15-8-2-1-3-8/h8-10,15-16H,1-7H2. The number of hydrogen-bond donors (Lipinski definition) is 2. The Morgan fingerprint density at radius 2 is 1.94 bits per heavy atom. The lowest BCUT2D eigenvalue weighted by molar-refractivity contribution is -0.176. The van der Waals surface area contributed by atoms with Crippen molar-refractivity contribution >= 4 is 0 Å². The normalized spacial score (nSPS) is 31.7. The van der Waals surface area contributed by atoms with Crippen molar-refractivity contribution in [3.8, 4) is 0 Å². The molecule has 94 valence electrons. The Balaban J connectivity index is 1.70. The maximum atomic E-state index is 12.6. The monoisotopic (exact) mass is 236 g/mol. The lowest BCUT2D eigenvalue weighted by Crippen LogP contribution is -2.41. The second-order valence-electron chi connectivity index (χ2n) is 4.87. The van der Waals surface area contributed by atoms with Gasteiger partial charge in [0, 0.05) is 12.1 Å². The molecule has 2 N–H and O–H groups in total. The molecule has 0 radical (unpaired) electrons. The smallest absolute Gasteiger partial charge is 0.314 e. The van der Waals surface area contributed by atoms with Crippen LogP contribution in [0.5, 0.6) is 0 Å². The Labute approximate surface area is 94.0 Å². The van der Waals surface area contributed by atoms with Gasteiger partial charge in [-0.1, -0.05) is 6.42 Å². The van der Waals surface area contributed by atoms with E-state index in [1.807, 2.05) is 0 Å².